The van der Waals surface area contributed by atoms with Crippen LogP contribution in [0.2, 0.25) is 0 Å². The maximum atomic E-state index is 13.5. The highest BCUT2D eigenvalue weighted by molar-refractivity contribution is 6.10. The second-order valence-electron chi connectivity index (χ2n) is 10.4. The molecule has 0 aliphatic heterocycles. The van der Waals surface area contributed by atoms with Crippen molar-refractivity contribution in [2.75, 3.05) is 22.5 Å². The summed E-state index contributed by atoms with van der Waals surface area (Å²) in [5, 5.41) is 17.9. The predicted octanol–water partition coefficient (Wildman–Crippen LogP) is 0.280. The van der Waals surface area contributed by atoms with Crippen molar-refractivity contribution < 1.29 is 23.6 Å². The van der Waals surface area contributed by atoms with Crippen LogP contribution in [0.1, 0.15) is 44.2 Å². The molecule has 0 spiro atoms. The third kappa shape index (κ3) is 7.84. The standard InChI is InChI=1S/C28H32FN11O6/c1-37-12-17(24(42)32-6-4-22(30)31)19(14-37)35-27(45)21-9-16(11-39(21)3)34-26(44)20-8-15(10-38(20)2)33-23(41)5-7-40-13-18(29)25(43)36-28(40)46/h8-14H,4-7H2,1-3H3,(H3,30,31)(H,32,42)(H,33,41)(H,34,44)(H,35,45)(H,36,43,46). The number of carbonyl (C=O) groups is 4. The molecule has 0 radical (unpaired) electrons. The molecule has 0 saturated carbocycles. The van der Waals surface area contributed by atoms with Gasteiger partial charge in [0.2, 0.25) is 11.7 Å². The summed E-state index contributed by atoms with van der Waals surface area (Å²) in [5.74, 6) is -3.27. The number of nitrogens with one attached hydrogen (secondary N) is 6. The number of halogens is 1. The van der Waals surface area contributed by atoms with E-state index < -0.39 is 40.7 Å². The molecule has 4 aromatic rings. The van der Waals surface area contributed by atoms with E-state index in [1.807, 2.05) is 4.98 Å². The summed E-state index contributed by atoms with van der Waals surface area (Å²) in [7, 11) is 4.89. The van der Waals surface area contributed by atoms with Crippen molar-refractivity contribution in [1.29, 1.82) is 5.41 Å². The summed E-state index contributed by atoms with van der Waals surface area (Å²) in [5.41, 5.74) is 4.75. The van der Waals surface area contributed by atoms with Gasteiger partial charge in [0.15, 0.2) is 0 Å². The first-order chi connectivity index (χ1) is 21.7. The van der Waals surface area contributed by atoms with Gasteiger partial charge in [-0.15, -0.1) is 0 Å². The molecular weight excluding hydrogens is 605 g/mol. The first kappa shape index (κ1) is 32.7. The Hall–Kier alpha value is -6.20. The van der Waals surface area contributed by atoms with E-state index in [2.05, 4.69) is 21.3 Å². The normalized spacial score (nSPS) is 10.8. The molecule has 0 atom stereocenters. The topological polar surface area (TPSA) is 236 Å². The summed E-state index contributed by atoms with van der Waals surface area (Å²) in [6.45, 7) is -0.0301. The van der Waals surface area contributed by atoms with Crippen LogP contribution in [0.5, 0.6) is 0 Å². The molecule has 4 amide bonds. The number of aromatic nitrogens is 5. The van der Waals surface area contributed by atoms with Gasteiger partial charge >= 0.3 is 5.69 Å². The molecule has 4 heterocycles. The van der Waals surface area contributed by atoms with E-state index in [0.717, 1.165) is 10.8 Å². The predicted molar refractivity (Wildman–Crippen MR) is 166 cm³/mol. The number of nitrogens with two attached hydrogens (primary N) is 1. The molecule has 242 valence electrons. The number of anilines is 3. The minimum Gasteiger partial charge on any atom is -0.388 e. The van der Waals surface area contributed by atoms with E-state index >= 15 is 0 Å². The fraction of sp³-hybridized carbons (Fsp3) is 0.250. The Bertz CT molecular complexity index is 1960. The Labute approximate surface area is 259 Å². The maximum Gasteiger partial charge on any atom is 0.328 e. The fourth-order valence-corrected chi connectivity index (χ4v) is 4.46. The van der Waals surface area contributed by atoms with Gasteiger partial charge in [0.25, 0.3) is 23.3 Å². The molecule has 46 heavy (non-hydrogen) atoms. The number of amides is 4. The van der Waals surface area contributed by atoms with E-state index in [4.69, 9.17) is 11.1 Å². The van der Waals surface area contributed by atoms with Gasteiger partial charge in [-0.1, -0.05) is 0 Å². The number of aryl methyl sites for hydroxylation is 4. The highest BCUT2D eigenvalue weighted by Crippen LogP contribution is 2.21. The number of carbonyl (C=O) groups excluding carboxylic acids is 4. The van der Waals surface area contributed by atoms with Gasteiger partial charge in [-0.2, -0.15) is 4.39 Å². The minimum atomic E-state index is -1.15. The second-order valence-corrected chi connectivity index (χ2v) is 10.4. The molecule has 0 unspecified atom stereocenters. The lowest BCUT2D eigenvalue weighted by molar-refractivity contribution is -0.116. The lowest BCUT2D eigenvalue weighted by Gasteiger charge is -2.08. The number of hydrogen-bond donors (Lipinski definition) is 7. The van der Waals surface area contributed by atoms with Gasteiger partial charge in [0.05, 0.1) is 34.7 Å². The van der Waals surface area contributed by atoms with Crippen molar-refractivity contribution in [2.24, 2.45) is 26.9 Å². The Morgan fingerprint density at radius 2 is 1.46 bits per heavy atom. The van der Waals surface area contributed by atoms with Gasteiger partial charge < -0.3 is 40.7 Å². The second kappa shape index (κ2) is 13.6. The maximum absolute atomic E-state index is 13.5. The molecule has 4 aromatic heterocycles. The molecule has 8 N–H and O–H groups in total. The molecule has 0 saturated heterocycles. The third-order valence-electron chi connectivity index (χ3n) is 6.69. The van der Waals surface area contributed by atoms with Gasteiger partial charge in [-0.25, -0.2) is 4.79 Å². The third-order valence-corrected chi connectivity index (χ3v) is 6.69. The highest BCUT2D eigenvalue weighted by Gasteiger charge is 2.20. The summed E-state index contributed by atoms with van der Waals surface area (Å²) in [4.78, 5) is 76.0. The largest absolute Gasteiger partial charge is 0.388 e. The van der Waals surface area contributed by atoms with Crippen molar-refractivity contribution in [1.82, 2.24) is 28.6 Å². The van der Waals surface area contributed by atoms with Crippen LogP contribution < -0.4 is 38.2 Å². The summed E-state index contributed by atoms with van der Waals surface area (Å²) in [6, 6.07) is 2.88. The van der Waals surface area contributed by atoms with Crippen molar-refractivity contribution in [3.05, 3.63) is 86.7 Å². The Balaban J connectivity index is 1.37. The number of aromatic amines is 1. The van der Waals surface area contributed by atoms with Crippen molar-refractivity contribution >= 4 is 46.5 Å². The average molecular weight is 638 g/mol. The van der Waals surface area contributed by atoms with E-state index in [1.54, 1.807) is 38.1 Å². The smallest absolute Gasteiger partial charge is 0.328 e. The summed E-state index contributed by atoms with van der Waals surface area (Å²) in [6.07, 6.45) is 6.82. The Kier molecular flexibility index (Phi) is 9.68. The van der Waals surface area contributed by atoms with Crippen LogP contribution in [0, 0.1) is 11.2 Å². The molecule has 0 aliphatic carbocycles. The van der Waals surface area contributed by atoms with Crippen LogP contribution in [0.25, 0.3) is 0 Å². The number of rotatable bonds is 12. The van der Waals surface area contributed by atoms with E-state index in [0.29, 0.717) is 5.69 Å². The van der Waals surface area contributed by atoms with Crippen LogP contribution in [-0.4, -0.2) is 59.3 Å². The number of nitrogens with zero attached hydrogens (tertiary/aromatic N) is 4. The Morgan fingerprint density at radius 3 is 2.09 bits per heavy atom. The van der Waals surface area contributed by atoms with E-state index in [9.17, 15) is 33.2 Å². The van der Waals surface area contributed by atoms with Gasteiger partial charge in [0.1, 0.15) is 11.4 Å². The quantitative estimate of drug-likeness (QED) is 0.0845. The molecular formula is C28H32FN11O6. The zero-order chi connectivity index (χ0) is 33.7. The molecule has 0 aromatic carbocycles. The first-order valence-corrected chi connectivity index (χ1v) is 13.7. The summed E-state index contributed by atoms with van der Waals surface area (Å²) < 4.78 is 18.9. The molecule has 17 nitrogen and oxygen atoms in total. The van der Waals surface area contributed by atoms with Crippen LogP contribution in [0.15, 0.2) is 52.7 Å². The first-order valence-electron chi connectivity index (χ1n) is 13.7. The fourth-order valence-electron chi connectivity index (χ4n) is 4.46. The molecule has 0 fully saturated rings. The van der Waals surface area contributed by atoms with E-state index in [-0.39, 0.29) is 60.1 Å². The van der Waals surface area contributed by atoms with Crippen molar-refractivity contribution in [3.8, 4) is 0 Å². The van der Waals surface area contributed by atoms with Crippen LogP contribution >= 0.6 is 0 Å². The average Bonchev–Trinajstić information content (AvgIpc) is 3.65. The number of H-pyrrole nitrogens is 1. The van der Waals surface area contributed by atoms with Crippen LogP contribution in [0.4, 0.5) is 21.5 Å². The monoisotopic (exact) mass is 637 g/mol. The zero-order valence-corrected chi connectivity index (χ0v) is 25.1. The van der Waals surface area contributed by atoms with Crippen molar-refractivity contribution in [3.63, 3.8) is 0 Å². The Morgan fingerprint density at radius 1 is 0.848 bits per heavy atom. The van der Waals surface area contributed by atoms with Crippen molar-refractivity contribution in [2.45, 2.75) is 19.4 Å². The number of amidine groups is 1. The molecule has 0 bridgehead atoms. The van der Waals surface area contributed by atoms with Crippen LogP contribution in [0.3, 0.4) is 0 Å². The van der Waals surface area contributed by atoms with Gasteiger partial charge in [-0.3, -0.25) is 38.9 Å². The van der Waals surface area contributed by atoms with E-state index in [1.165, 1.54) is 33.7 Å². The number of hydrogen-bond acceptors (Lipinski definition) is 7. The lowest BCUT2D eigenvalue weighted by atomic mass is 10.2. The zero-order valence-electron chi connectivity index (χ0n) is 25.1. The lowest BCUT2D eigenvalue weighted by Crippen LogP contribution is -2.32. The SMILES string of the molecule is Cn1cc(NC(=O)c2cc(NC(=O)c3cc(NC(=O)CCn4cc(F)c(=O)[nH]c4=O)cn3C)cn2C)c(C(=O)NCCC(=N)N)c1. The molecule has 0 aliphatic rings. The minimum absolute atomic E-state index is 0.0666. The molecule has 18 heteroatoms. The van der Waals surface area contributed by atoms with Gasteiger partial charge in [-0.05, 0) is 12.1 Å². The van der Waals surface area contributed by atoms with Gasteiger partial charge in [0, 0.05) is 71.9 Å². The molecule has 4 rings (SSSR count). The highest BCUT2D eigenvalue weighted by atomic mass is 19.1. The van der Waals surface area contributed by atoms with Crippen LogP contribution in [-0.2, 0) is 32.5 Å². The summed E-state index contributed by atoms with van der Waals surface area (Å²) >= 11 is 0.